The van der Waals surface area contributed by atoms with Gasteiger partial charge in [-0.2, -0.15) is 0 Å². The Morgan fingerprint density at radius 3 is 2.82 bits per heavy atom. The van der Waals surface area contributed by atoms with Gasteiger partial charge in [0.15, 0.2) is 5.82 Å². The first kappa shape index (κ1) is 18.0. The largest absolute Gasteiger partial charge is 0.471 e. The fraction of sp³-hybridized carbons (Fsp3) is 0.190. The van der Waals surface area contributed by atoms with Gasteiger partial charge in [0.25, 0.3) is 5.88 Å². The Morgan fingerprint density at radius 2 is 2.00 bits per heavy atom. The summed E-state index contributed by atoms with van der Waals surface area (Å²) in [7, 11) is 1.65. The maximum atomic E-state index is 14.7. The van der Waals surface area contributed by atoms with Crippen LogP contribution in [0.4, 0.5) is 14.5 Å². The number of hydrogen-bond donors (Lipinski definition) is 0. The zero-order valence-electron chi connectivity index (χ0n) is 15.2. The Labute approximate surface area is 160 Å². The quantitative estimate of drug-likeness (QED) is 0.688. The van der Waals surface area contributed by atoms with Gasteiger partial charge in [-0.05, 0) is 42.3 Å². The molecule has 142 valence electrons. The van der Waals surface area contributed by atoms with Crippen molar-refractivity contribution in [2.75, 3.05) is 11.9 Å². The summed E-state index contributed by atoms with van der Waals surface area (Å²) >= 11 is 0. The van der Waals surface area contributed by atoms with Crippen LogP contribution >= 0.6 is 0 Å². The van der Waals surface area contributed by atoms with Crippen molar-refractivity contribution in [1.82, 2.24) is 9.97 Å². The van der Waals surface area contributed by atoms with Crippen molar-refractivity contribution in [3.63, 3.8) is 0 Å². The highest BCUT2D eigenvalue weighted by Crippen LogP contribution is 2.33. The van der Waals surface area contributed by atoms with Gasteiger partial charge in [-0.15, -0.1) is 0 Å². The van der Waals surface area contributed by atoms with Crippen LogP contribution in [0.1, 0.15) is 17.5 Å². The maximum absolute atomic E-state index is 14.7. The molecule has 1 aromatic carbocycles. The summed E-state index contributed by atoms with van der Waals surface area (Å²) in [5.74, 6) is -1.11. The van der Waals surface area contributed by atoms with Gasteiger partial charge in [-0.3, -0.25) is 9.78 Å². The summed E-state index contributed by atoms with van der Waals surface area (Å²) < 4.78 is 33.8. The Bertz CT molecular complexity index is 1060. The Hall–Kier alpha value is -3.35. The highest BCUT2D eigenvalue weighted by Gasteiger charge is 2.23. The second-order valence-corrected chi connectivity index (χ2v) is 6.57. The van der Waals surface area contributed by atoms with E-state index >= 15 is 0 Å². The van der Waals surface area contributed by atoms with E-state index < -0.39 is 11.6 Å². The molecular formula is C21H17F2N3O2. The third kappa shape index (κ3) is 3.43. The van der Waals surface area contributed by atoms with Gasteiger partial charge in [0.05, 0.1) is 0 Å². The number of hydrogen-bond acceptors (Lipinski definition) is 4. The van der Waals surface area contributed by atoms with Gasteiger partial charge in [0.1, 0.15) is 12.4 Å². The fourth-order valence-electron chi connectivity index (χ4n) is 3.23. The second kappa shape index (κ2) is 7.34. The summed E-state index contributed by atoms with van der Waals surface area (Å²) in [6.07, 6.45) is 5.55. The molecule has 3 aromatic rings. The number of nitrogens with zero attached hydrogens (tertiary/aromatic N) is 3. The van der Waals surface area contributed by atoms with Crippen molar-refractivity contribution in [3.05, 3.63) is 71.7 Å². The van der Waals surface area contributed by atoms with Crippen molar-refractivity contribution >= 4 is 11.6 Å². The summed E-state index contributed by atoms with van der Waals surface area (Å²) in [5, 5.41) is 0. The van der Waals surface area contributed by atoms with Crippen molar-refractivity contribution in [3.8, 4) is 17.0 Å². The lowest BCUT2D eigenvalue weighted by atomic mass is 9.96. The molecule has 0 aliphatic carbocycles. The van der Waals surface area contributed by atoms with E-state index in [1.165, 1.54) is 29.3 Å². The third-order valence-corrected chi connectivity index (χ3v) is 4.72. The van der Waals surface area contributed by atoms with Gasteiger partial charge >= 0.3 is 0 Å². The van der Waals surface area contributed by atoms with E-state index in [-0.39, 0.29) is 18.4 Å². The lowest BCUT2D eigenvalue weighted by molar-refractivity contribution is -0.118. The molecule has 5 nitrogen and oxygen atoms in total. The molecule has 1 aliphatic rings. The molecule has 1 amide bonds. The van der Waals surface area contributed by atoms with Gasteiger partial charge in [0, 0.05) is 54.4 Å². The van der Waals surface area contributed by atoms with E-state index in [0.29, 0.717) is 35.2 Å². The highest BCUT2D eigenvalue weighted by atomic mass is 19.1. The van der Waals surface area contributed by atoms with E-state index in [1.807, 2.05) is 0 Å². The zero-order chi connectivity index (χ0) is 19.7. The first-order valence-electron chi connectivity index (χ1n) is 8.79. The number of halogens is 2. The van der Waals surface area contributed by atoms with Crippen LogP contribution in [0.3, 0.4) is 0 Å². The van der Waals surface area contributed by atoms with Crippen molar-refractivity contribution in [2.24, 2.45) is 0 Å². The minimum atomic E-state index is -0.550. The average molecular weight is 381 g/mol. The third-order valence-electron chi connectivity index (χ3n) is 4.72. The van der Waals surface area contributed by atoms with Crippen LogP contribution in [0, 0.1) is 11.6 Å². The monoisotopic (exact) mass is 381 g/mol. The van der Waals surface area contributed by atoms with E-state index in [0.717, 1.165) is 5.56 Å². The summed E-state index contributed by atoms with van der Waals surface area (Å²) in [6, 6.07) is 7.63. The molecule has 0 radical (unpaired) electrons. The number of ether oxygens (including phenoxy) is 1. The predicted molar refractivity (Wildman–Crippen MR) is 99.9 cm³/mol. The van der Waals surface area contributed by atoms with E-state index in [2.05, 4.69) is 9.97 Å². The van der Waals surface area contributed by atoms with Crippen LogP contribution in [0.25, 0.3) is 11.1 Å². The molecule has 0 saturated heterocycles. The molecule has 0 unspecified atom stereocenters. The smallest absolute Gasteiger partial charge is 0.250 e. The lowest BCUT2D eigenvalue weighted by Crippen LogP contribution is -2.31. The summed E-state index contributed by atoms with van der Waals surface area (Å²) in [6.45, 7) is 0.0541. The highest BCUT2D eigenvalue weighted by molar-refractivity contribution is 5.96. The molecule has 0 N–H and O–H groups in total. The second-order valence-electron chi connectivity index (χ2n) is 6.57. The van der Waals surface area contributed by atoms with E-state index in [1.54, 1.807) is 31.6 Å². The van der Waals surface area contributed by atoms with Crippen molar-refractivity contribution in [2.45, 2.75) is 19.4 Å². The molecule has 3 heterocycles. The summed E-state index contributed by atoms with van der Waals surface area (Å²) in [4.78, 5) is 21.3. The number of benzene rings is 1. The van der Waals surface area contributed by atoms with Gasteiger partial charge in [-0.25, -0.2) is 13.8 Å². The van der Waals surface area contributed by atoms with Crippen molar-refractivity contribution in [1.29, 1.82) is 0 Å². The average Bonchev–Trinajstić information content (AvgIpc) is 2.70. The minimum absolute atomic E-state index is 0.0257. The predicted octanol–water partition coefficient (Wildman–Crippen LogP) is 3.91. The number of aryl methyl sites for hydroxylation is 1. The first-order chi connectivity index (χ1) is 13.5. The molecule has 4 rings (SSSR count). The van der Waals surface area contributed by atoms with Crippen LogP contribution in [-0.2, 0) is 17.8 Å². The van der Waals surface area contributed by atoms with Crippen LogP contribution in [0.5, 0.6) is 5.88 Å². The number of rotatable bonds is 4. The number of amides is 1. The Balaban J connectivity index is 1.61. The molecule has 1 aliphatic heterocycles. The molecule has 0 spiro atoms. The van der Waals surface area contributed by atoms with Crippen LogP contribution < -0.4 is 9.64 Å². The van der Waals surface area contributed by atoms with Gasteiger partial charge in [-0.1, -0.05) is 0 Å². The maximum Gasteiger partial charge on any atom is 0.250 e. The fourth-order valence-corrected chi connectivity index (χ4v) is 3.23. The molecule has 0 bridgehead atoms. The lowest BCUT2D eigenvalue weighted by Gasteiger charge is -2.26. The molecule has 0 atom stereocenters. The number of anilines is 1. The van der Waals surface area contributed by atoms with Crippen LogP contribution in [0.2, 0.25) is 0 Å². The van der Waals surface area contributed by atoms with E-state index in [9.17, 15) is 13.6 Å². The number of carbonyl (C=O) groups is 1. The minimum Gasteiger partial charge on any atom is -0.471 e. The zero-order valence-corrected chi connectivity index (χ0v) is 15.2. The topological polar surface area (TPSA) is 55.3 Å². The standard InChI is InChI=1S/C21H17F2N3O2/c1-26-19-9-18(23)16(8-14(19)4-5-20(26)27)15-7-13(10-24-11-15)12-28-21-17(22)3-2-6-25-21/h2-3,6-11H,4-5,12H2,1H3. The number of pyridine rings is 2. The molecule has 28 heavy (non-hydrogen) atoms. The van der Waals surface area contributed by atoms with Crippen LogP contribution in [0.15, 0.2) is 48.9 Å². The Morgan fingerprint density at radius 1 is 1.14 bits per heavy atom. The van der Waals surface area contributed by atoms with Gasteiger partial charge in [0.2, 0.25) is 5.91 Å². The SMILES string of the molecule is CN1C(=O)CCc2cc(-c3cncc(COc4ncccc4F)c3)c(F)cc21. The molecule has 0 saturated carbocycles. The number of fused-ring (bicyclic) bond motifs is 1. The molecular weight excluding hydrogens is 364 g/mol. The summed E-state index contributed by atoms with van der Waals surface area (Å²) in [5.41, 5.74) is 3.15. The Kier molecular flexibility index (Phi) is 4.73. The molecule has 2 aromatic heterocycles. The number of carbonyl (C=O) groups excluding carboxylic acids is 1. The number of aromatic nitrogens is 2. The van der Waals surface area contributed by atoms with Gasteiger partial charge < -0.3 is 9.64 Å². The normalized spacial score (nSPS) is 13.4. The van der Waals surface area contributed by atoms with Crippen molar-refractivity contribution < 1.29 is 18.3 Å². The van der Waals surface area contributed by atoms with Crippen LogP contribution in [-0.4, -0.2) is 22.9 Å². The van der Waals surface area contributed by atoms with E-state index in [4.69, 9.17) is 4.74 Å². The molecule has 7 heteroatoms. The molecule has 0 fully saturated rings. The first-order valence-corrected chi connectivity index (χ1v) is 8.79.